The summed E-state index contributed by atoms with van der Waals surface area (Å²) in [5, 5.41) is 0. The number of esters is 1. The molecule has 1 aromatic heterocycles. The molecular weight excluding hydrogens is 400 g/mol. The molecule has 0 saturated heterocycles. The lowest BCUT2D eigenvalue weighted by Gasteiger charge is -2.27. The van der Waals surface area contributed by atoms with Crippen LogP contribution in [0.4, 0.5) is 5.69 Å². The van der Waals surface area contributed by atoms with Gasteiger partial charge in [0.15, 0.2) is 0 Å². The van der Waals surface area contributed by atoms with Crippen molar-refractivity contribution in [2.24, 2.45) is 10.9 Å². The zero-order valence-electron chi connectivity index (χ0n) is 18.5. The van der Waals surface area contributed by atoms with Gasteiger partial charge in [0.1, 0.15) is 6.10 Å². The van der Waals surface area contributed by atoms with Crippen molar-refractivity contribution in [3.8, 4) is 5.88 Å². The van der Waals surface area contributed by atoms with Crippen molar-refractivity contribution < 1.29 is 14.3 Å². The Morgan fingerprint density at radius 2 is 1.53 bits per heavy atom. The van der Waals surface area contributed by atoms with Crippen LogP contribution in [0.1, 0.15) is 42.4 Å². The van der Waals surface area contributed by atoms with E-state index >= 15 is 0 Å². The van der Waals surface area contributed by atoms with E-state index in [2.05, 4.69) is 29.2 Å². The van der Waals surface area contributed by atoms with E-state index in [0.29, 0.717) is 5.88 Å². The summed E-state index contributed by atoms with van der Waals surface area (Å²) in [5.74, 6) is 0.499. The maximum atomic E-state index is 11.7. The van der Waals surface area contributed by atoms with Gasteiger partial charge in [-0.2, -0.15) is 0 Å². The van der Waals surface area contributed by atoms with Crippen LogP contribution in [0.25, 0.3) is 0 Å². The van der Waals surface area contributed by atoms with Crippen LogP contribution in [-0.2, 0) is 9.53 Å². The summed E-state index contributed by atoms with van der Waals surface area (Å²) in [6, 6.07) is 22.3. The molecule has 5 nitrogen and oxygen atoms in total. The van der Waals surface area contributed by atoms with E-state index in [-0.39, 0.29) is 18.0 Å². The lowest BCUT2D eigenvalue weighted by molar-refractivity contribution is -0.147. The predicted octanol–water partition coefficient (Wildman–Crippen LogP) is 5.67. The monoisotopic (exact) mass is 428 g/mol. The molecule has 0 bridgehead atoms. The van der Waals surface area contributed by atoms with Gasteiger partial charge in [0.2, 0.25) is 5.88 Å². The maximum Gasteiger partial charge on any atom is 0.308 e. The van der Waals surface area contributed by atoms with Crippen LogP contribution in [0.15, 0.2) is 77.9 Å². The van der Waals surface area contributed by atoms with E-state index in [4.69, 9.17) is 14.5 Å². The van der Waals surface area contributed by atoms with Crippen LogP contribution in [0.3, 0.4) is 0 Å². The summed E-state index contributed by atoms with van der Waals surface area (Å²) in [6.07, 6.45) is 5.06. The zero-order valence-corrected chi connectivity index (χ0v) is 18.5. The minimum absolute atomic E-state index is 0.0139. The Morgan fingerprint density at radius 3 is 2.06 bits per heavy atom. The van der Waals surface area contributed by atoms with Gasteiger partial charge < -0.3 is 9.47 Å². The van der Waals surface area contributed by atoms with Gasteiger partial charge in [-0.05, 0) is 38.7 Å². The first-order chi connectivity index (χ1) is 15.6. The summed E-state index contributed by atoms with van der Waals surface area (Å²) < 4.78 is 11.0. The molecule has 5 heteroatoms. The number of carbonyl (C=O) groups excluding carboxylic acids is 1. The summed E-state index contributed by atoms with van der Waals surface area (Å²) in [5.41, 5.74) is 4.74. The number of aliphatic imine (C=N–C) groups is 1. The normalized spacial score (nSPS) is 17.9. The number of nitrogens with zero attached hydrogens (tertiary/aromatic N) is 2. The van der Waals surface area contributed by atoms with Crippen LogP contribution in [0.5, 0.6) is 5.88 Å². The number of hydrogen-bond acceptors (Lipinski definition) is 5. The number of carbonyl (C=O) groups is 1. The van der Waals surface area contributed by atoms with E-state index in [1.807, 2.05) is 49.4 Å². The molecule has 0 N–H and O–H groups in total. The standard InChI is InChI=1S/C27H28N2O3/c1-19-17-23(18-28-26(19)32-24-15-13-22(14-16-24)27(30)31-2)29-25(20-9-5-3-6-10-20)21-11-7-4-8-12-21/h3-12,17-18,22,24H,13-16H2,1-2H3. The fraction of sp³-hybridized carbons (Fsp3) is 0.296. The first-order valence-electron chi connectivity index (χ1n) is 11.0. The second kappa shape index (κ2) is 10.2. The average Bonchev–Trinajstić information content (AvgIpc) is 2.85. The third kappa shape index (κ3) is 5.22. The number of hydrogen-bond donors (Lipinski definition) is 0. The molecule has 0 spiro atoms. The highest BCUT2D eigenvalue weighted by Gasteiger charge is 2.28. The van der Waals surface area contributed by atoms with E-state index in [1.54, 1.807) is 6.20 Å². The molecule has 3 aromatic rings. The molecule has 1 heterocycles. The Bertz CT molecular complexity index is 1030. The molecule has 1 saturated carbocycles. The summed E-state index contributed by atoms with van der Waals surface area (Å²) >= 11 is 0. The van der Waals surface area contributed by atoms with Crippen molar-refractivity contribution in [1.29, 1.82) is 0 Å². The van der Waals surface area contributed by atoms with E-state index in [9.17, 15) is 4.79 Å². The van der Waals surface area contributed by atoms with Gasteiger partial charge in [-0.25, -0.2) is 9.98 Å². The molecule has 0 aliphatic heterocycles. The molecule has 0 unspecified atom stereocenters. The Kier molecular flexibility index (Phi) is 6.95. The number of ether oxygens (including phenoxy) is 2. The summed E-state index contributed by atoms with van der Waals surface area (Å²) in [4.78, 5) is 21.2. The SMILES string of the molecule is COC(=O)C1CCC(Oc2ncc(N=C(c3ccccc3)c3ccccc3)cc2C)CC1. The van der Waals surface area contributed by atoms with Crippen molar-refractivity contribution in [1.82, 2.24) is 4.98 Å². The Hall–Kier alpha value is -3.47. The van der Waals surface area contributed by atoms with Gasteiger partial charge in [-0.1, -0.05) is 60.7 Å². The lowest BCUT2D eigenvalue weighted by atomic mass is 9.87. The van der Waals surface area contributed by atoms with Gasteiger partial charge in [0.05, 0.1) is 30.6 Å². The maximum absolute atomic E-state index is 11.7. The second-order valence-electron chi connectivity index (χ2n) is 8.12. The van der Waals surface area contributed by atoms with Gasteiger partial charge in [-0.3, -0.25) is 4.79 Å². The molecule has 2 aromatic carbocycles. The fourth-order valence-electron chi connectivity index (χ4n) is 4.09. The number of rotatable bonds is 6. The van der Waals surface area contributed by atoms with Gasteiger partial charge in [0, 0.05) is 16.7 Å². The predicted molar refractivity (Wildman–Crippen MR) is 126 cm³/mol. The highest BCUT2D eigenvalue weighted by atomic mass is 16.5. The van der Waals surface area contributed by atoms with Crippen LogP contribution in [-0.4, -0.2) is 29.9 Å². The number of benzene rings is 2. The molecule has 1 aliphatic carbocycles. The molecule has 0 atom stereocenters. The lowest BCUT2D eigenvalue weighted by Crippen LogP contribution is -2.29. The largest absolute Gasteiger partial charge is 0.474 e. The fourth-order valence-corrected chi connectivity index (χ4v) is 4.09. The molecule has 1 aliphatic rings. The van der Waals surface area contributed by atoms with Crippen molar-refractivity contribution in [2.75, 3.05) is 7.11 Å². The number of aromatic nitrogens is 1. The molecule has 0 amide bonds. The quantitative estimate of drug-likeness (QED) is 0.375. The van der Waals surface area contributed by atoms with Crippen molar-refractivity contribution in [2.45, 2.75) is 38.7 Å². The molecule has 32 heavy (non-hydrogen) atoms. The number of aryl methyl sites for hydroxylation is 1. The molecule has 4 rings (SSSR count). The molecular formula is C27H28N2O3. The molecule has 164 valence electrons. The number of pyridine rings is 1. The van der Waals surface area contributed by atoms with Gasteiger partial charge in [0.25, 0.3) is 0 Å². The smallest absolute Gasteiger partial charge is 0.308 e. The van der Waals surface area contributed by atoms with Crippen molar-refractivity contribution in [3.63, 3.8) is 0 Å². The Morgan fingerprint density at radius 1 is 0.938 bits per heavy atom. The highest BCUT2D eigenvalue weighted by molar-refractivity contribution is 6.13. The first kappa shape index (κ1) is 21.8. The van der Waals surface area contributed by atoms with Gasteiger partial charge in [-0.15, -0.1) is 0 Å². The molecule has 0 radical (unpaired) electrons. The molecule has 1 fully saturated rings. The minimum atomic E-state index is -0.118. The Balaban J connectivity index is 1.52. The van der Waals surface area contributed by atoms with E-state index in [1.165, 1.54) is 7.11 Å². The van der Waals surface area contributed by atoms with E-state index < -0.39 is 0 Å². The van der Waals surface area contributed by atoms with Crippen LogP contribution in [0.2, 0.25) is 0 Å². The highest BCUT2D eigenvalue weighted by Crippen LogP contribution is 2.30. The Labute approximate surface area is 189 Å². The summed E-state index contributed by atoms with van der Waals surface area (Å²) in [7, 11) is 1.45. The number of methoxy groups -OCH3 is 1. The van der Waals surface area contributed by atoms with Crippen LogP contribution in [0, 0.1) is 12.8 Å². The van der Waals surface area contributed by atoms with Crippen molar-refractivity contribution in [3.05, 3.63) is 89.6 Å². The van der Waals surface area contributed by atoms with Crippen molar-refractivity contribution >= 4 is 17.4 Å². The first-order valence-corrected chi connectivity index (χ1v) is 11.0. The zero-order chi connectivity index (χ0) is 22.3. The summed E-state index contributed by atoms with van der Waals surface area (Å²) in [6.45, 7) is 1.99. The third-order valence-electron chi connectivity index (χ3n) is 5.84. The van der Waals surface area contributed by atoms with Crippen LogP contribution < -0.4 is 4.74 Å². The minimum Gasteiger partial charge on any atom is -0.474 e. The second-order valence-corrected chi connectivity index (χ2v) is 8.12. The van der Waals surface area contributed by atoms with Gasteiger partial charge >= 0.3 is 5.97 Å². The van der Waals surface area contributed by atoms with E-state index in [0.717, 1.165) is 53.8 Å². The van der Waals surface area contributed by atoms with Crippen LogP contribution >= 0.6 is 0 Å². The third-order valence-corrected chi connectivity index (χ3v) is 5.84. The topological polar surface area (TPSA) is 60.8 Å². The average molecular weight is 429 g/mol.